The minimum atomic E-state index is -4.50. The van der Waals surface area contributed by atoms with Gasteiger partial charge in [-0.05, 0) is 61.6 Å². The van der Waals surface area contributed by atoms with E-state index in [2.05, 4.69) is 15.6 Å². The molecule has 0 aliphatic carbocycles. The Morgan fingerprint density at radius 3 is 2.67 bits per heavy atom. The zero-order valence-corrected chi connectivity index (χ0v) is 19.8. The molecule has 0 saturated heterocycles. The van der Waals surface area contributed by atoms with E-state index in [-0.39, 0.29) is 0 Å². The molecule has 1 aliphatic rings. The molecule has 1 aliphatic heterocycles. The number of aromatic nitrogens is 1. The molecular formula is C26H29F3N4O3. The fraction of sp³-hybridized carbons (Fsp3) is 0.385. The van der Waals surface area contributed by atoms with E-state index in [4.69, 9.17) is 10.5 Å². The molecule has 0 radical (unpaired) electrons. The lowest BCUT2D eigenvalue weighted by Crippen LogP contribution is -2.53. The smallest absolute Gasteiger partial charge is 0.416 e. The lowest BCUT2D eigenvalue weighted by atomic mass is 9.89. The van der Waals surface area contributed by atoms with Gasteiger partial charge in [-0.3, -0.25) is 10.1 Å². The van der Waals surface area contributed by atoms with Gasteiger partial charge in [-0.15, -0.1) is 0 Å². The van der Waals surface area contributed by atoms with Gasteiger partial charge in [-0.2, -0.15) is 13.2 Å². The Bertz CT molecular complexity index is 1240. The zero-order chi connectivity index (χ0) is 25.9. The normalized spacial score (nSPS) is 18.5. The van der Waals surface area contributed by atoms with Crippen molar-refractivity contribution in [3.05, 3.63) is 70.9 Å². The molecule has 2 heterocycles. The number of amides is 1. The maximum atomic E-state index is 13.4. The number of hydrogen-bond donors (Lipinski definition) is 4. The molecule has 192 valence electrons. The largest absolute Gasteiger partial charge is 0.467 e. The molecule has 0 fully saturated rings. The average molecular weight is 503 g/mol. The molecule has 2 aromatic carbocycles. The number of aromatic amines is 1. The number of halogens is 3. The molecule has 0 saturated carbocycles. The number of hydrogen-bond acceptors (Lipinski definition) is 5. The first-order chi connectivity index (χ1) is 17.2. The number of H-pyrrole nitrogens is 1. The lowest BCUT2D eigenvalue weighted by molar-refractivity contribution is -0.145. The highest BCUT2D eigenvalue weighted by Gasteiger charge is 2.37. The van der Waals surface area contributed by atoms with Gasteiger partial charge in [0, 0.05) is 16.6 Å². The number of alkyl halides is 3. The topological polar surface area (TPSA) is 109 Å². The third-order valence-corrected chi connectivity index (χ3v) is 6.52. The van der Waals surface area contributed by atoms with Crippen molar-refractivity contribution in [2.24, 2.45) is 5.73 Å². The molecule has 7 nitrogen and oxygen atoms in total. The number of unbranched alkanes of at least 4 members (excludes halogenated alkanes) is 1. The average Bonchev–Trinajstić information content (AvgIpc) is 3.25. The van der Waals surface area contributed by atoms with Gasteiger partial charge in [0.2, 0.25) is 5.91 Å². The highest BCUT2D eigenvalue weighted by atomic mass is 19.4. The number of benzene rings is 2. The summed E-state index contributed by atoms with van der Waals surface area (Å²) in [6.45, 7) is 0.466. The summed E-state index contributed by atoms with van der Waals surface area (Å²) in [6, 6.07) is 10.3. The van der Waals surface area contributed by atoms with E-state index >= 15 is 0 Å². The number of carbonyl (C=O) groups is 2. The van der Waals surface area contributed by atoms with E-state index in [9.17, 15) is 22.8 Å². The van der Waals surface area contributed by atoms with E-state index in [1.54, 1.807) is 6.07 Å². The third-order valence-electron chi connectivity index (χ3n) is 6.52. The van der Waals surface area contributed by atoms with Crippen LogP contribution in [0.3, 0.4) is 0 Å². The first-order valence-corrected chi connectivity index (χ1v) is 11.8. The first kappa shape index (κ1) is 25.7. The number of para-hydroxylation sites is 1. The van der Waals surface area contributed by atoms with Gasteiger partial charge >= 0.3 is 12.1 Å². The molecule has 3 unspecified atom stereocenters. The Morgan fingerprint density at radius 1 is 1.17 bits per heavy atom. The number of nitrogens with one attached hydrogen (secondary N) is 3. The Kier molecular flexibility index (Phi) is 7.65. The third kappa shape index (κ3) is 5.39. The first-order valence-electron chi connectivity index (χ1n) is 11.8. The summed E-state index contributed by atoms with van der Waals surface area (Å²) in [5.74, 6) is -0.982. The van der Waals surface area contributed by atoms with Gasteiger partial charge < -0.3 is 20.8 Å². The van der Waals surface area contributed by atoms with Crippen LogP contribution in [0.1, 0.15) is 47.7 Å². The second-order valence-electron chi connectivity index (χ2n) is 8.91. The van der Waals surface area contributed by atoms with Crippen LogP contribution in [0.2, 0.25) is 0 Å². The van der Waals surface area contributed by atoms with Crippen molar-refractivity contribution >= 4 is 22.8 Å². The van der Waals surface area contributed by atoms with Gasteiger partial charge in [0.25, 0.3) is 0 Å². The van der Waals surface area contributed by atoms with Crippen molar-refractivity contribution in [2.75, 3.05) is 13.7 Å². The van der Waals surface area contributed by atoms with Crippen LogP contribution < -0.4 is 16.4 Å². The van der Waals surface area contributed by atoms with Crippen LogP contribution in [0.4, 0.5) is 13.2 Å². The van der Waals surface area contributed by atoms with Crippen molar-refractivity contribution in [3.63, 3.8) is 0 Å². The minimum Gasteiger partial charge on any atom is -0.467 e. The Hall–Kier alpha value is -3.37. The number of methoxy groups -OCH3 is 1. The van der Waals surface area contributed by atoms with Crippen molar-refractivity contribution in [3.8, 4) is 0 Å². The molecule has 0 spiro atoms. The van der Waals surface area contributed by atoms with Crippen LogP contribution >= 0.6 is 0 Å². The van der Waals surface area contributed by atoms with Gasteiger partial charge in [0.1, 0.15) is 6.04 Å². The van der Waals surface area contributed by atoms with Crippen molar-refractivity contribution in [1.82, 2.24) is 15.6 Å². The van der Waals surface area contributed by atoms with Crippen LogP contribution in [0, 0.1) is 0 Å². The molecule has 1 aromatic heterocycles. The molecule has 3 atom stereocenters. The molecule has 3 aromatic rings. The summed E-state index contributed by atoms with van der Waals surface area (Å²) < 4.78 is 45.2. The van der Waals surface area contributed by atoms with E-state index < -0.39 is 41.7 Å². The lowest BCUT2D eigenvalue weighted by Gasteiger charge is -2.32. The Balaban J connectivity index is 1.68. The van der Waals surface area contributed by atoms with Crippen LogP contribution in [-0.4, -0.2) is 42.6 Å². The van der Waals surface area contributed by atoms with Crippen molar-refractivity contribution in [1.29, 1.82) is 0 Å². The van der Waals surface area contributed by atoms with Crippen LogP contribution in [-0.2, 0) is 26.9 Å². The highest BCUT2D eigenvalue weighted by Crippen LogP contribution is 2.37. The fourth-order valence-corrected chi connectivity index (χ4v) is 4.72. The number of ether oxygens (including phenoxy) is 1. The summed E-state index contributed by atoms with van der Waals surface area (Å²) >= 11 is 0. The number of fused-ring (bicyclic) bond motifs is 3. The molecule has 5 N–H and O–H groups in total. The van der Waals surface area contributed by atoms with Gasteiger partial charge in [-0.1, -0.05) is 30.3 Å². The zero-order valence-electron chi connectivity index (χ0n) is 19.8. The summed E-state index contributed by atoms with van der Waals surface area (Å²) in [5.41, 5.74) is 7.55. The number of esters is 1. The Labute approximate surface area is 206 Å². The second-order valence-corrected chi connectivity index (χ2v) is 8.91. The minimum absolute atomic E-state index is 0.303. The summed E-state index contributed by atoms with van der Waals surface area (Å²) in [6.07, 6.45) is -2.49. The molecule has 4 rings (SSSR count). The summed E-state index contributed by atoms with van der Waals surface area (Å²) in [5, 5.41) is 6.88. The van der Waals surface area contributed by atoms with E-state index in [1.165, 1.54) is 13.2 Å². The fourth-order valence-electron chi connectivity index (χ4n) is 4.72. The number of carbonyl (C=O) groups excluding carboxylic acids is 2. The molecular weight excluding hydrogens is 473 g/mol. The Morgan fingerprint density at radius 2 is 1.94 bits per heavy atom. The molecule has 10 heteroatoms. The summed E-state index contributed by atoms with van der Waals surface area (Å²) in [7, 11) is 1.26. The maximum absolute atomic E-state index is 13.4. The second kappa shape index (κ2) is 10.7. The van der Waals surface area contributed by atoms with Crippen LogP contribution in [0.5, 0.6) is 0 Å². The predicted octanol–water partition coefficient (Wildman–Crippen LogP) is 3.58. The van der Waals surface area contributed by atoms with Gasteiger partial charge in [0.05, 0.1) is 24.8 Å². The standard InChI is InChI=1S/C26H29F3N4O3/c1-36-25(35)20(11-4-5-12-30)33-24(34)21-14-18-17-9-2-3-10-19(17)31-23(18)22(32-21)15-7-6-8-16(13-15)26(27,28)29/h2-3,6-10,13,20-22,31-32H,4-5,11-12,14,30H2,1H3,(H,33,34). The van der Waals surface area contributed by atoms with Crippen LogP contribution in [0.15, 0.2) is 48.5 Å². The van der Waals surface area contributed by atoms with E-state index in [0.29, 0.717) is 43.5 Å². The molecule has 0 bridgehead atoms. The molecule has 36 heavy (non-hydrogen) atoms. The summed E-state index contributed by atoms with van der Waals surface area (Å²) in [4.78, 5) is 28.9. The SMILES string of the molecule is COC(=O)C(CCCCN)NC(=O)C1Cc2c([nH]c3ccccc23)C(c2cccc(C(F)(F)F)c2)N1. The number of nitrogens with two attached hydrogens (primary N) is 1. The van der Waals surface area contributed by atoms with Crippen LogP contribution in [0.25, 0.3) is 10.9 Å². The van der Waals surface area contributed by atoms with Crippen molar-refractivity contribution < 1.29 is 27.5 Å². The van der Waals surface area contributed by atoms with Crippen molar-refractivity contribution in [2.45, 2.75) is 50.0 Å². The monoisotopic (exact) mass is 502 g/mol. The quantitative estimate of drug-likeness (QED) is 0.278. The van der Waals surface area contributed by atoms with Gasteiger partial charge in [-0.25, -0.2) is 4.79 Å². The predicted molar refractivity (Wildman–Crippen MR) is 129 cm³/mol. The van der Waals surface area contributed by atoms with E-state index in [1.807, 2.05) is 24.3 Å². The maximum Gasteiger partial charge on any atom is 0.416 e. The van der Waals surface area contributed by atoms with Gasteiger partial charge in [0.15, 0.2) is 0 Å². The van der Waals surface area contributed by atoms with E-state index in [0.717, 1.165) is 28.6 Å². The molecule has 1 amide bonds. The highest BCUT2D eigenvalue weighted by molar-refractivity contribution is 5.90. The number of rotatable bonds is 8.